The fourth-order valence-electron chi connectivity index (χ4n) is 2.57. The molecule has 0 aromatic heterocycles. The van der Waals surface area contributed by atoms with Crippen molar-refractivity contribution in [3.05, 3.63) is 64.2 Å². The van der Waals surface area contributed by atoms with Gasteiger partial charge < -0.3 is 9.64 Å². The minimum absolute atomic E-state index is 0.182. The van der Waals surface area contributed by atoms with E-state index in [0.29, 0.717) is 10.7 Å². The number of anilines is 1. The summed E-state index contributed by atoms with van der Waals surface area (Å²) in [7, 11) is 0. The second-order valence-electron chi connectivity index (χ2n) is 5.89. The molecule has 0 fully saturated rings. The third kappa shape index (κ3) is 5.33. The highest BCUT2D eigenvalue weighted by atomic mass is 35.5. The summed E-state index contributed by atoms with van der Waals surface area (Å²) in [4.78, 5) is 26.1. The molecule has 2 aromatic carbocycles. The monoisotopic (exact) mass is 370 g/mol. The molecular formula is C20H19ClN2O3. The lowest BCUT2D eigenvalue weighted by Crippen LogP contribution is -2.35. The molecule has 0 heterocycles. The fourth-order valence-corrected chi connectivity index (χ4v) is 2.76. The van der Waals surface area contributed by atoms with Crippen molar-refractivity contribution in [2.75, 3.05) is 18.1 Å². The van der Waals surface area contributed by atoms with Gasteiger partial charge in [-0.3, -0.25) is 4.79 Å². The zero-order valence-corrected chi connectivity index (χ0v) is 15.4. The summed E-state index contributed by atoms with van der Waals surface area (Å²) in [6.07, 6.45) is 0.182. The van der Waals surface area contributed by atoms with Crippen LogP contribution in [0.4, 0.5) is 5.69 Å². The maximum atomic E-state index is 12.6. The molecule has 26 heavy (non-hydrogen) atoms. The van der Waals surface area contributed by atoms with Crippen molar-refractivity contribution >= 4 is 29.2 Å². The summed E-state index contributed by atoms with van der Waals surface area (Å²) >= 11 is 5.86. The molecular weight excluding hydrogens is 352 g/mol. The fraction of sp³-hybridized carbons (Fsp3) is 0.250. The molecule has 0 saturated heterocycles. The first-order valence-electron chi connectivity index (χ1n) is 8.09. The van der Waals surface area contributed by atoms with Crippen LogP contribution >= 0.6 is 11.6 Å². The summed E-state index contributed by atoms with van der Waals surface area (Å²) in [6, 6.07) is 14.1. The number of amides is 1. The molecule has 2 aromatic rings. The van der Waals surface area contributed by atoms with Gasteiger partial charge >= 0.3 is 5.97 Å². The Balaban J connectivity index is 2.11. The lowest BCUT2D eigenvalue weighted by Gasteiger charge is -2.22. The molecule has 0 unspecified atom stereocenters. The van der Waals surface area contributed by atoms with Crippen LogP contribution in [0.5, 0.6) is 0 Å². The second kappa shape index (κ2) is 9.02. The third-order valence-corrected chi connectivity index (χ3v) is 3.89. The van der Waals surface area contributed by atoms with E-state index in [9.17, 15) is 9.59 Å². The SMILES string of the molecule is Cc1cc(C)cc(N(CCC#N)C(=O)COC(=O)c2cccc(Cl)c2)c1. The molecule has 0 saturated carbocycles. The van der Waals surface area contributed by atoms with Gasteiger partial charge in [0.05, 0.1) is 18.1 Å². The number of rotatable bonds is 6. The van der Waals surface area contributed by atoms with E-state index in [4.69, 9.17) is 21.6 Å². The topological polar surface area (TPSA) is 70.4 Å². The van der Waals surface area contributed by atoms with Crippen molar-refractivity contribution in [3.63, 3.8) is 0 Å². The first kappa shape index (κ1) is 19.5. The predicted octanol–water partition coefficient (Wildman–Crippen LogP) is 4.06. The quantitative estimate of drug-likeness (QED) is 0.719. The largest absolute Gasteiger partial charge is 0.452 e. The molecule has 5 nitrogen and oxygen atoms in total. The van der Waals surface area contributed by atoms with Crippen molar-refractivity contribution < 1.29 is 14.3 Å². The number of nitriles is 1. The number of hydrogen-bond acceptors (Lipinski definition) is 4. The number of ether oxygens (including phenoxy) is 1. The zero-order chi connectivity index (χ0) is 19.1. The Labute approximate surface area is 157 Å². The summed E-state index contributed by atoms with van der Waals surface area (Å²) in [5.41, 5.74) is 2.97. The van der Waals surface area contributed by atoms with Gasteiger partial charge in [-0.1, -0.05) is 23.7 Å². The predicted molar refractivity (Wildman–Crippen MR) is 100 cm³/mol. The number of hydrogen-bond donors (Lipinski definition) is 0. The van der Waals surface area contributed by atoms with E-state index in [2.05, 4.69) is 0 Å². The van der Waals surface area contributed by atoms with Crippen LogP contribution in [0, 0.1) is 25.2 Å². The van der Waals surface area contributed by atoms with E-state index < -0.39 is 12.6 Å². The van der Waals surface area contributed by atoms with Crippen LogP contribution in [0.2, 0.25) is 5.02 Å². The van der Waals surface area contributed by atoms with Crippen LogP contribution in [0.15, 0.2) is 42.5 Å². The number of esters is 1. The van der Waals surface area contributed by atoms with Crippen LogP contribution in [0.3, 0.4) is 0 Å². The van der Waals surface area contributed by atoms with Crippen LogP contribution in [-0.2, 0) is 9.53 Å². The Morgan fingerprint density at radius 1 is 1.15 bits per heavy atom. The minimum atomic E-state index is -0.624. The average Bonchev–Trinajstić information content (AvgIpc) is 2.59. The average molecular weight is 371 g/mol. The highest BCUT2D eigenvalue weighted by molar-refractivity contribution is 6.30. The normalized spacial score (nSPS) is 10.1. The van der Waals surface area contributed by atoms with Crippen molar-refractivity contribution in [2.45, 2.75) is 20.3 Å². The third-order valence-electron chi connectivity index (χ3n) is 3.65. The first-order chi connectivity index (χ1) is 12.4. The number of nitrogens with zero attached hydrogens (tertiary/aromatic N) is 2. The molecule has 0 aliphatic heterocycles. The molecule has 0 bridgehead atoms. The van der Waals surface area contributed by atoms with Gasteiger partial charge in [0.15, 0.2) is 6.61 Å². The molecule has 0 N–H and O–H groups in total. The van der Waals surface area contributed by atoms with Crippen LogP contribution in [0.1, 0.15) is 27.9 Å². The summed E-state index contributed by atoms with van der Waals surface area (Å²) in [5, 5.41) is 9.27. The summed E-state index contributed by atoms with van der Waals surface area (Å²) in [5.74, 6) is -1.01. The Kier molecular flexibility index (Phi) is 6.76. The molecule has 0 radical (unpaired) electrons. The summed E-state index contributed by atoms with van der Waals surface area (Å²) in [6.45, 7) is 3.68. The number of benzene rings is 2. The molecule has 0 atom stereocenters. The van der Waals surface area contributed by atoms with Crippen molar-refractivity contribution in [1.82, 2.24) is 0 Å². The Morgan fingerprint density at radius 3 is 2.46 bits per heavy atom. The smallest absolute Gasteiger partial charge is 0.338 e. The molecule has 134 valence electrons. The van der Waals surface area contributed by atoms with Gasteiger partial charge in [0.1, 0.15) is 0 Å². The maximum absolute atomic E-state index is 12.6. The Hall–Kier alpha value is -2.84. The van der Waals surface area contributed by atoms with Gasteiger partial charge in [0.2, 0.25) is 0 Å². The number of carbonyl (C=O) groups excluding carboxylic acids is 2. The maximum Gasteiger partial charge on any atom is 0.338 e. The van der Waals surface area contributed by atoms with Gasteiger partial charge in [-0.15, -0.1) is 0 Å². The summed E-state index contributed by atoms with van der Waals surface area (Å²) < 4.78 is 5.12. The Bertz CT molecular complexity index is 838. The molecule has 2 rings (SSSR count). The van der Waals surface area contributed by atoms with Gasteiger partial charge in [0, 0.05) is 17.3 Å². The zero-order valence-electron chi connectivity index (χ0n) is 14.7. The Morgan fingerprint density at radius 2 is 1.85 bits per heavy atom. The van der Waals surface area contributed by atoms with E-state index in [-0.39, 0.29) is 24.4 Å². The van der Waals surface area contributed by atoms with Gasteiger partial charge in [-0.25, -0.2) is 4.79 Å². The van der Waals surface area contributed by atoms with Gasteiger partial charge in [0.25, 0.3) is 5.91 Å². The van der Waals surface area contributed by atoms with E-state index in [1.54, 1.807) is 18.2 Å². The van der Waals surface area contributed by atoms with E-state index in [1.807, 2.05) is 38.1 Å². The van der Waals surface area contributed by atoms with Crippen LogP contribution in [-0.4, -0.2) is 25.0 Å². The van der Waals surface area contributed by atoms with Crippen molar-refractivity contribution in [3.8, 4) is 6.07 Å². The van der Waals surface area contributed by atoms with E-state index in [0.717, 1.165) is 11.1 Å². The van der Waals surface area contributed by atoms with Crippen molar-refractivity contribution in [1.29, 1.82) is 5.26 Å². The highest BCUT2D eigenvalue weighted by Gasteiger charge is 2.19. The van der Waals surface area contributed by atoms with Gasteiger partial charge in [-0.05, 0) is 55.3 Å². The molecule has 0 spiro atoms. The standard InChI is InChI=1S/C20H19ClN2O3/c1-14-9-15(2)11-18(10-14)23(8-4-7-22)19(24)13-26-20(25)16-5-3-6-17(21)12-16/h3,5-6,9-12H,4,8,13H2,1-2H3. The second-order valence-corrected chi connectivity index (χ2v) is 6.32. The molecule has 6 heteroatoms. The molecule has 0 aliphatic carbocycles. The highest BCUT2D eigenvalue weighted by Crippen LogP contribution is 2.20. The lowest BCUT2D eigenvalue weighted by atomic mass is 10.1. The van der Waals surface area contributed by atoms with Crippen molar-refractivity contribution in [2.24, 2.45) is 0 Å². The van der Waals surface area contributed by atoms with E-state index in [1.165, 1.54) is 11.0 Å². The van der Waals surface area contributed by atoms with Crippen LogP contribution < -0.4 is 4.90 Å². The number of halogens is 1. The lowest BCUT2D eigenvalue weighted by molar-refractivity contribution is -0.121. The first-order valence-corrected chi connectivity index (χ1v) is 8.47. The van der Waals surface area contributed by atoms with Crippen LogP contribution in [0.25, 0.3) is 0 Å². The number of carbonyl (C=O) groups is 2. The van der Waals surface area contributed by atoms with Gasteiger partial charge in [-0.2, -0.15) is 5.26 Å². The molecule has 1 amide bonds. The molecule has 0 aliphatic rings. The minimum Gasteiger partial charge on any atom is -0.452 e. The number of aryl methyl sites for hydroxylation is 2. The van der Waals surface area contributed by atoms with E-state index >= 15 is 0 Å².